The van der Waals surface area contributed by atoms with E-state index in [9.17, 15) is 4.79 Å². The molecule has 0 spiro atoms. The summed E-state index contributed by atoms with van der Waals surface area (Å²) in [4.78, 5) is 9.82. The van der Waals surface area contributed by atoms with Gasteiger partial charge in [-0.15, -0.1) is 0 Å². The van der Waals surface area contributed by atoms with Crippen LogP contribution in [0.3, 0.4) is 0 Å². The lowest BCUT2D eigenvalue weighted by Crippen LogP contribution is -1.69. The minimum atomic E-state index is 0.370. The summed E-state index contributed by atoms with van der Waals surface area (Å²) in [5.74, 6) is 0. The van der Waals surface area contributed by atoms with Gasteiger partial charge in [0.1, 0.15) is 0 Å². The van der Waals surface area contributed by atoms with Crippen molar-refractivity contribution in [2.45, 2.75) is 6.42 Å². The van der Waals surface area contributed by atoms with Gasteiger partial charge in [0.15, 0.2) is 0 Å². The molecule has 0 aliphatic carbocycles. The van der Waals surface area contributed by atoms with Crippen molar-refractivity contribution in [2.24, 2.45) is 0 Å². The molecule has 55 valence electrons. The molecule has 0 aliphatic rings. The van der Waals surface area contributed by atoms with Crippen molar-refractivity contribution in [3.8, 4) is 0 Å². The molecule has 0 aliphatic heterocycles. The Bertz CT molecular complexity index is 236. The summed E-state index contributed by atoms with van der Waals surface area (Å²) >= 11 is 0. The van der Waals surface area contributed by atoms with Gasteiger partial charge in [0.05, 0.1) is 0 Å². The van der Waals surface area contributed by atoms with Crippen LogP contribution in [0.25, 0.3) is 6.08 Å². The van der Waals surface area contributed by atoms with Crippen LogP contribution in [0.1, 0.15) is 12.0 Å². The third-order valence-electron chi connectivity index (χ3n) is 1.31. The minimum Gasteiger partial charge on any atom is -0.291 e. The molecule has 1 heteroatoms. The zero-order chi connectivity index (χ0) is 7.94. The molecule has 0 atom stereocenters. The second kappa shape index (κ2) is 4.45. The quantitative estimate of drug-likeness (QED) is 0.637. The molecular weight excluding hydrogens is 136 g/mol. The molecule has 0 bridgehead atoms. The number of carbonyl (C=O) groups excluding carboxylic acids is 1. The molecule has 11 heavy (non-hydrogen) atoms. The van der Waals surface area contributed by atoms with Gasteiger partial charge in [-0.25, -0.2) is 0 Å². The number of allylic oxidation sites excluding steroid dienone is 1. The lowest BCUT2D eigenvalue weighted by atomic mass is 10.2. The van der Waals surface area contributed by atoms with Crippen molar-refractivity contribution in [2.75, 3.05) is 0 Å². The number of rotatable bonds is 3. The Morgan fingerprint density at radius 3 is 2.64 bits per heavy atom. The first-order valence-corrected chi connectivity index (χ1v) is 3.50. The summed E-state index contributed by atoms with van der Waals surface area (Å²) in [6.07, 6.45) is 5.87. The maximum Gasteiger partial charge on any atom is 0.202 e. The minimum absolute atomic E-state index is 0.370. The molecule has 0 saturated carbocycles. The molecule has 0 fully saturated rings. The summed E-state index contributed by atoms with van der Waals surface area (Å²) in [6, 6.07) is 9.86. The van der Waals surface area contributed by atoms with Crippen LogP contribution in [0.5, 0.6) is 0 Å². The van der Waals surface area contributed by atoms with Crippen molar-refractivity contribution < 1.29 is 4.79 Å². The van der Waals surface area contributed by atoms with Gasteiger partial charge < -0.3 is 0 Å². The fourth-order valence-corrected chi connectivity index (χ4v) is 0.807. The van der Waals surface area contributed by atoms with Gasteiger partial charge in [0.2, 0.25) is 6.29 Å². The van der Waals surface area contributed by atoms with Crippen LogP contribution in [0, 0.1) is 0 Å². The lowest BCUT2D eigenvalue weighted by molar-refractivity contribution is 0.556. The molecule has 1 rings (SSSR count). The van der Waals surface area contributed by atoms with Crippen molar-refractivity contribution in [3.05, 3.63) is 42.0 Å². The Hall–Kier alpha value is -1.37. The van der Waals surface area contributed by atoms with Gasteiger partial charge in [-0.3, -0.25) is 4.79 Å². The standard InChI is InChI=1S/C10H9O/c11-9-5-4-8-10-6-2-1-3-7-10/h1-4,6-8H,5H2/b8-4+. The van der Waals surface area contributed by atoms with Crippen LogP contribution in [0.4, 0.5) is 0 Å². The third-order valence-corrected chi connectivity index (χ3v) is 1.31. The monoisotopic (exact) mass is 145 g/mol. The van der Waals surface area contributed by atoms with E-state index in [1.807, 2.05) is 36.4 Å². The van der Waals surface area contributed by atoms with Crippen LogP contribution in [0.2, 0.25) is 0 Å². The maximum atomic E-state index is 9.82. The highest BCUT2D eigenvalue weighted by molar-refractivity contribution is 5.58. The maximum absolute atomic E-state index is 9.82. The molecule has 1 nitrogen and oxygen atoms in total. The predicted molar refractivity (Wildman–Crippen MR) is 45.8 cm³/mol. The molecule has 0 heterocycles. The Kier molecular flexibility index (Phi) is 3.13. The summed E-state index contributed by atoms with van der Waals surface area (Å²) < 4.78 is 0. The average Bonchev–Trinajstić information content (AvgIpc) is 2.07. The normalized spacial score (nSPS) is 10.2. The Labute approximate surface area is 66.4 Å². The van der Waals surface area contributed by atoms with E-state index in [-0.39, 0.29) is 0 Å². The van der Waals surface area contributed by atoms with Crippen LogP contribution in [-0.2, 0) is 4.79 Å². The molecule has 0 amide bonds. The summed E-state index contributed by atoms with van der Waals surface area (Å²) in [7, 11) is 0. The Morgan fingerprint density at radius 2 is 2.00 bits per heavy atom. The average molecular weight is 145 g/mol. The first-order valence-electron chi connectivity index (χ1n) is 3.50. The first-order chi connectivity index (χ1) is 5.43. The van der Waals surface area contributed by atoms with E-state index in [1.165, 1.54) is 0 Å². The number of benzene rings is 1. The molecule has 0 unspecified atom stereocenters. The topological polar surface area (TPSA) is 17.1 Å². The molecule has 1 radical (unpaired) electrons. The van der Waals surface area contributed by atoms with Gasteiger partial charge in [-0.2, -0.15) is 0 Å². The summed E-state index contributed by atoms with van der Waals surface area (Å²) in [6.45, 7) is 0. The highest BCUT2D eigenvalue weighted by Crippen LogP contribution is 2.00. The molecule has 1 aromatic carbocycles. The van der Waals surface area contributed by atoms with E-state index in [2.05, 4.69) is 0 Å². The largest absolute Gasteiger partial charge is 0.291 e. The van der Waals surface area contributed by atoms with Gasteiger partial charge in [-0.1, -0.05) is 42.5 Å². The second-order valence-electron chi connectivity index (χ2n) is 2.16. The Balaban J connectivity index is 2.57. The van der Waals surface area contributed by atoms with E-state index in [0.717, 1.165) is 5.56 Å². The zero-order valence-corrected chi connectivity index (χ0v) is 6.16. The SMILES string of the molecule is O=[C]C/C=C/c1ccccc1. The van der Waals surface area contributed by atoms with Crippen LogP contribution in [0.15, 0.2) is 36.4 Å². The number of hydrogen-bond donors (Lipinski definition) is 0. The van der Waals surface area contributed by atoms with Gasteiger partial charge in [0.25, 0.3) is 0 Å². The van der Waals surface area contributed by atoms with Crippen LogP contribution < -0.4 is 0 Å². The molecule has 0 N–H and O–H groups in total. The summed E-state index contributed by atoms with van der Waals surface area (Å²) in [5, 5.41) is 0. The van der Waals surface area contributed by atoms with Gasteiger partial charge in [0, 0.05) is 6.42 Å². The molecule has 0 aromatic heterocycles. The van der Waals surface area contributed by atoms with E-state index >= 15 is 0 Å². The van der Waals surface area contributed by atoms with Gasteiger partial charge in [-0.05, 0) is 5.56 Å². The first kappa shape index (κ1) is 7.73. The van der Waals surface area contributed by atoms with Gasteiger partial charge >= 0.3 is 0 Å². The fraction of sp³-hybridized carbons (Fsp3) is 0.100. The second-order valence-corrected chi connectivity index (χ2v) is 2.16. The van der Waals surface area contributed by atoms with Crippen molar-refractivity contribution in [1.82, 2.24) is 0 Å². The van der Waals surface area contributed by atoms with Crippen molar-refractivity contribution in [3.63, 3.8) is 0 Å². The Morgan fingerprint density at radius 1 is 1.27 bits per heavy atom. The fourth-order valence-electron chi connectivity index (χ4n) is 0.807. The highest BCUT2D eigenvalue weighted by atomic mass is 16.1. The molecular formula is C10H9O. The van der Waals surface area contributed by atoms with E-state index in [0.29, 0.717) is 6.42 Å². The predicted octanol–water partition coefficient (Wildman–Crippen LogP) is 2.20. The number of hydrogen-bond acceptors (Lipinski definition) is 1. The smallest absolute Gasteiger partial charge is 0.202 e. The lowest BCUT2D eigenvalue weighted by Gasteiger charge is -1.88. The zero-order valence-electron chi connectivity index (χ0n) is 6.16. The third kappa shape index (κ3) is 2.80. The van der Waals surface area contributed by atoms with E-state index in [1.54, 1.807) is 12.4 Å². The van der Waals surface area contributed by atoms with Crippen LogP contribution in [-0.4, -0.2) is 6.29 Å². The van der Waals surface area contributed by atoms with Crippen molar-refractivity contribution in [1.29, 1.82) is 0 Å². The molecule has 1 aromatic rings. The van der Waals surface area contributed by atoms with E-state index < -0.39 is 0 Å². The molecule has 0 saturated heterocycles. The van der Waals surface area contributed by atoms with Crippen LogP contribution >= 0.6 is 0 Å². The van der Waals surface area contributed by atoms with Crippen molar-refractivity contribution >= 4 is 12.4 Å². The highest BCUT2D eigenvalue weighted by Gasteiger charge is 1.80. The van der Waals surface area contributed by atoms with E-state index in [4.69, 9.17) is 0 Å². The summed E-state index contributed by atoms with van der Waals surface area (Å²) in [5.41, 5.74) is 1.11.